The van der Waals surface area contributed by atoms with E-state index in [9.17, 15) is 0 Å². The van der Waals surface area contributed by atoms with Crippen LogP contribution in [-0.4, -0.2) is 23.5 Å². The maximum absolute atomic E-state index is 9.11. The molecule has 0 unspecified atom stereocenters. The average Bonchev–Trinajstić information content (AvgIpc) is 2.28. The minimum atomic E-state index is 0.364. The first-order valence-electron chi connectivity index (χ1n) is 5.46. The second-order valence-electron chi connectivity index (χ2n) is 4.13. The van der Waals surface area contributed by atoms with Crippen molar-refractivity contribution >= 4 is 11.6 Å². The van der Waals surface area contributed by atoms with Gasteiger partial charge in [0.05, 0.1) is 5.56 Å². The Morgan fingerprint density at radius 2 is 2.31 bits per heavy atom. The molecule has 84 valence electrons. The number of halogens is 1. The van der Waals surface area contributed by atoms with Gasteiger partial charge in [0.1, 0.15) is 11.2 Å². The van der Waals surface area contributed by atoms with Gasteiger partial charge in [-0.05, 0) is 24.6 Å². The standard InChI is InChI=1S/C12H14ClN3/c1-3-8-9(6-14)12(13)15-11-4-5-16(2)7-10(8)11/h3-5,7H2,1-2H3. The van der Waals surface area contributed by atoms with E-state index >= 15 is 0 Å². The number of nitrogens with zero attached hydrogens (tertiary/aromatic N) is 3. The fraction of sp³-hybridized carbons (Fsp3) is 0.500. The highest BCUT2D eigenvalue weighted by Gasteiger charge is 2.21. The van der Waals surface area contributed by atoms with Gasteiger partial charge in [0.15, 0.2) is 0 Å². The molecule has 0 atom stereocenters. The van der Waals surface area contributed by atoms with Gasteiger partial charge in [-0.1, -0.05) is 18.5 Å². The average molecular weight is 236 g/mol. The third kappa shape index (κ3) is 1.79. The van der Waals surface area contributed by atoms with Crippen LogP contribution in [0.25, 0.3) is 0 Å². The number of fused-ring (bicyclic) bond motifs is 1. The monoisotopic (exact) mass is 235 g/mol. The predicted octanol–water partition coefficient (Wildman–Crippen LogP) is 2.16. The predicted molar refractivity (Wildman–Crippen MR) is 63.4 cm³/mol. The largest absolute Gasteiger partial charge is 0.302 e. The van der Waals surface area contributed by atoms with E-state index in [2.05, 4.69) is 29.9 Å². The molecule has 0 aliphatic carbocycles. The fourth-order valence-electron chi connectivity index (χ4n) is 2.23. The summed E-state index contributed by atoms with van der Waals surface area (Å²) in [6, 6.07) is 2.17. The lowest BCUT2D eigenvalue weighted by Gasteiger charge is -2.26. The summed E-state index contributed by atoms with van der Waals surface area (Å²) in [5.41, 5.74) is 3.90. The number of pyridine rings is 1. The van der Waals surface area contributed by atoms with E-state index in [1.165, 1.54) is 5.56 Å². The molecular weight excluding hydrogens is 222 g/mol. The van der Waals surface area contributed by atoms with Crippen molar-refractivity contribution in [2.75, 3.05) is 13.6 Å². The Labute approximate surface area is 101 Å². The van der Waals surface area contributed by atoms with Crippen molar-refractivity contribution in [3.8, 4) is 6.07 Å². The van der Waals surface area contributed by atoms with Gasteiger partial charge in [0.2, 0.25) is 0 Å². The summed E-state index contributed by atoms with van der Waals surface area (Å²) < 4.78 is 0. The Balaban J connectivity index is 2.63. The van der Waals surface area contributed by atoms with Crippen LogP contribution in [0.15, 0.2) is 0 Å². The second kappa shape index (κ2) is 4.40. The van der Waals surface area contributed by atoms with Crippen molar-refractivity contribution in [1.82, 2.24) is 9.88 Å². The van der Waals surface area contributed by atoms with Crippen LogP contribution < -0.4 is 0 Å². The molecule has 16 heavy (non-hydrogen) atoms. The van der Waals surface area contributed by atoms with Crippen LogP contribution in [0, 0.1) is 11.3 Å². The second-order valence-corrected chi connectivity index (χ2v) is 4.49. The quantitative estimate of drug-likeness (QED) is 0.701. The first kappa shape index (κ1) is 11.4. The van der Waals surface area contributed by atoms with Gasteiger partial charge in [-0.2, -0.15) is 5.26 Å². The molecule has 1 aliphatic heterocycles. The highest BCUT2D eigenvalue weighted by molar-refractivity contribution is 6.30. The zero-order chi connectivity index (χ0) is 11.7. The van der Waals surface area contributed by atoms with E-state index < -0.39 is 0 Å². The fourth-order valence-corrected chi connectivity index (χ4v) is 2.49. The minimum Gasteiger partial charge on any atom is -0.302 e. The molecule has 2 heterocycles. The molecule has 0 spiro atoms. The minimum absolute atomic E-state index is 0.364. The molecule has 4 heteroatoms. The zero-order valence-corrected chi connectivity index (χ0v) is 10.3. The smallest absolute Gasteiger partial charge is 0.147 e. The van der Waals surface area contributed by atoms with Crippen LogP contribution in [0.2, 0.25) is 5.15 Å². The molecule has 1 aromatic rings. The molecule has 0 aromatic carbocycles. The van der Waals surface area contributed by atoms with Gasteiger partial charge in [0.25, 0.3) is 0 Å². The van der Waals surface area contributed by atoms with Gasteiger partial charge in [-0.25, -0.2) is 4.98 Å². The van der Waals surface area contributed by atoms with Crippen LogP contribution in [0.5, 0.6) is 0 Å². The third-order valence-corrected chi connectivity index (χ3v) is 3.35. The molecule has 0 N–H and O–H groups in total. The van der Waals surface area contributed by atoms with E-state index in [4.69, 9.17) is 16.9 Å². The molecule has 0 fully saturated rings. The van der Waals surface area contributed by atoms with Crippen LogP contribution in [-0.2, 0) is 19.4 Å². The van der Waals surface area contributed by atoms with E-state index in [-0.39, 0.29) is 0 Å². The molecule has 0 radical (unpaired) electrons. The summed E-state index contributed by atoms with van der Waals surface area (Å²) >= 11 is 6.03. The summed E-state index contributed by atoms with van der Waals surface area (Å²) in [4.78, 5) is 6.59. The van der Waals surface area contributed by atoms with Crippen molar-refractivity contribution in [1.29, 1.82) is 5.26 Å². The van der Waals surface area contributed by atoms with E-state index in [1.807, 2.05) is 0 Å². The number of hydrogen-bond donors (Lipinski definition) is 0. The molecule has 1 aromatic heterocycles. The van der Waals surface area contributed by atoms with Gasteiger partial charge >= 0.3 is 0 Å². The Kier molecular flexibility index (Phi) is 3.13. The molecule has 3 nitrogen and oxygen atoms in total. The van der Waals surface area contributed by atoms with Crippen LogP contribution in [0.1, 0.15) is 29.3 Å². The van der Waals surface area contributed by atoms with Gasteiger partial charge < -0.3 is 4.90 Å². The first-order chi connectivity index (χ1) is 7.67. The number of likely N-dealkylation sites (N-methyl/N-ethyl adjacent to an activating group) is 1. The zero-order valence-electron chi connectivity index (χ0n) is 9.55. The van der Waals surface area contributed by atoms with Crippen molar-refractivity contribution < 1.29 is 0 Å². The molecule has 0 saturated heterocycles. The summed E-state index contributed by atoms with van der Waals surface area (Å²) in [7, 11) is 2.09. The van der Waals surface area contributed by atoms with Crippen molar-refractivity contribution in [2.45, 2.75) is 26.3 Å². The lowest BCUT2D eigenvalue weighted by molar-refractivity contribution is 0.308. The Morgan fingerprint density at radius 3 is 2.94 bits per heavy atom. The van der Waals surface area contributed by atoms with Gasteiger partial charge in [-0.3, -0.25) is 0 Å². The molecule has 0 bridgehead atoms. The molecular formula is C12H14ClN3. The van der Waals surface area contributed by atoms with Gasteiger partial charge in [-0.15, -0.1) is 0 Å². The normalized spacial score (nSPS) is 15.6. The summed E-state index contributed by atoms with van der Waals surface area (Å²) in [6.07, 6.45) is 1.76. The van der Waals surface area contributed by atoms with Crippen molar-refractivity contribution in [3.05, 3.63) is 27.5 Å². The lowest BCUT2D eigenvalue weighted by Crippen LogP contribution is -2.28. The van der Waals surface area contributed by atoms with Gasteiger partial charge in [0, 0.05) is 25.2 Å². The molecule has 0 amide bonds. The SMILES string of the molecule is CCc1c(C#N)c(Cl)nc2c1CN(C)CC2. The Morgan fingerprint density at radius 1 is 1.56 bits per heavy atom. The van der Waals surface area contributed by atoms with E-state index in [1.54, 1.807) is 0 Å². The first-order valence-corrected chi connectivity index (χ1v) is 5.84. The summed E-state index contributed by atoms with van der Waals surface area (Å²) in [5, 5.41) is 9.47. The molecule has 1 aliphatic rings. The number of aromatic nitrogens is 1. The number of nitriles is 1. The van der Waals surface area contributed by atoms with Crippen molar-refractivity contribution in [2.24, 2.45) is 0 Å². The summed E-state index contributed by atoms with van der Waals surface area (Å²) in [6.45, 7) is 3.93. The van der Waals surface area contributed by atoms with E-state index in [0.717, 1.165) is 37.2 Å². The highest BCUT2D eigenvalue weighted by atomic mass is 35.5. The van der Waals surface area contributed by atoms with E-state index in [0.29, 0.717) is 10.7 Å². The lowest BCUT2D eigenvalue weighted by atomic mass is 9.95. The van der Waals surface area contributed by atoms with Crippen LogP contribution in [0.3, 0.4) is 0 Å². The summed E-state index contributed by atoms with van der Waals surface area (Å²) in [5.74, 6) is 0. The Hall–Kier alpha value is -1.11. The van der Waals surface area contributed by atoms with Crippen LogP contribution in [0.4, 0.5) is 0 Å². The van der Waals surface area contributed by atoms with Crippen LogP contribution >= 0.6 is 11.6 Å². The topological polar surface area (TPSA) is 39.9 Å². The molecule has 2 rings (SSSR count). The van der Waals surface area contributed by atoms with Crippen molar-refractivity contribution in [3.63, 3.8) is 0 Å². The molecule has 0 saturated carbocycles. The maximum atomic E-state index is 9.11. The number of rotatable bonds is 1. The maximum Gasteiger partial charge on any atom is 0.147 e. The number of hydrogen-bond acceptors (Lipinski definition) is 3. The Bertz CT molecular complexity index is 462. The third-order valence-electron chi connectivity index (χ3n) is 3.08. The highest BCUT2D eigenvalue weighted by Crippen LogP contribution is 2.27.